The number of rotatable bonds is 3. The molecule has 0 radical (unpaired) electrons. The second-order valence-electron chi connectivity index (χ2n) is 2.60. The Hall–Kier alpha value is -1.57. The molecule has 1 aromatic heterocycles. The standard InChI is InChI=1S/C7H10N4O3S/c1-2-14-5(12)3-4-6(13)11(8)7(15)10-9-4/h2-3,8H2,1H3,(H,10,15). The second kappa shape index (κ2) is 4.78. The lowest BCUT2D eigenvalue weighted by atomic mass is 10.3. The summed E-state index contributed by atoms with van der Waals surface area (Å²) in [6.45, 7) is 1.91. The monoisotopic (exact) mass is 230 g/mol. The van der Waals surface area contributed by atoms with Crippen LogP contribution in [-0.2, 0) is 16.0 Å². The van der Waals surface area contributed by atoms with E-state index in [1.165, 1.54) is 0 Å². The van der Waals surface area contributed by atoms with Gasteiger partial charge in [-0.1, -0.05) is 0 Å². The average Bonchev–Trinajstić information content (AvgIpc) is 2.20. The van der Waals surface area contributed by atoms with Crippen LogP contribution >= 0.6 is 12.6 Å². The predicted octanol–water partition coefficient (Wildman–Crippen LogP) is -1.25. The van der Waals surface area contributed by atoms with Crippen molar-refractivity contribution < 1.29 is 9.53 Å². The van der Waals surface area contributed by atoms with E-state index < -0.39 is 11.5 Å². The third-order valence-corrected chi connectivity index (χ3v) is 1.86. The minimum atomic E-state index is -0.608. The first-order chi connectivity index (χ1) is 7.06. The molecule has 0 unspecified atom stereocenters. The first-order valence-electron chi connectivity index (χ1n) is 4.14. The zero-order chi connectivity index (χ0) is 11.4. The molecule has 1 aromatic rings. The molecule has 8 heteroatoms. The van der Waals surface area contributed by atoms with Crippen LogP contribution in [0.1, 0.15) is 12.6 Å². The van der Waals surface area contributed by atoms with Crippen LogP contribution in [0.25, 0.3) is 0 Å². The summed E-state index contributed by atoms with van der Waals surface area (Å²) in [7, 11) is 0. The topological polar surface area (TPSA) is 100 Å². The number of thiol groups is 1. The lowest BCUT2D eigenvalue weighted by Gasteiger charge is -2.03. The van der Waals surface area contributed by atoms with E-state index in [2.05, 4.69) is 27.6 Å². The van der Waals surface area contributed by atoms with E-state index >= 15 is 0 Å². The Morgan fingerprint density at radius 3 is 2.87 bits per heavy atom. The molecule has 82 valence electrons. The molecule has 15 heavy (non-hydrogen) atoms. The Kier molecular flexibility index (Phi) is 3.67. The van der Waals surface area contributed by atoms with Crippen LogP contribution in [0.4, 0.5) is 0 Å². The highest BCUT2D eigenvalue weighted by atomic mass is 32.1. The van der Waals surface area contributed by atoms with Gasteiger partial charge >= 0.3 is 5.97 Å². The molecule has 0 saturated heterocycles. The van der Waals surface area contributed by atoms with Gasteiger partial charge in [-0.15, -0.1) is 22.8 Å². The van der Waals surface area contributed by atoms with Crippen molar-refractivity contribution >= 4 is 18.6 Å². The molecule has 0 fully saturated rings. The quantitative estimate of drug-likeness (QED) is 0.382. The van der Waals surface area contributed by atoms with E-state index in [1.54, 1.807) is 6.92 Å². The molecular formula is C7H10N4O3S. The summed E-state index contributed by atoms with van der Waals surface area (Å²) < 4.78 is 5.37. The molecule has 0 bridgehead atoms. The maximum Gasteiger partial charge on any atom is 0.312 e. The maximum absolute atomic E-state index is 11.4. The molecular weight excluding hydrogens is 220 g/mol. The Labute approximate surface area is 90.6 Å². The summed E-state index contributed by atoms with van der Waals surface area (Å²) in [6, 6.07) is 0. The molecule has 1 rings (SSSR count). The van der Waals surface area contributed by atoms with Crippen molar-refractivity contribution in [1.29, 1.82) is 0 Å². The SMILES string of the molecule is CCOC(=O)Cc1nnc(S)n(N)c1=O. The zero-order valence-electron chi connectivity index (χ0n) is 8.01. The predicted molar refractivity (Wildman–Crippen MR) is 54.0 cm³/mol. The van der Waals surface area contributed by atoms with Crippen LogP contribution in [0, 0.1) is 0 Å². The van der Waals surface area contributed by atoms with Gasteiger partial charge in [0.2, 0.25) is 5.16 Å². The second-order valence-corrected chi connectivity index (χ2v) is 3.00. The molecule has 0 spiro atoms. The van der Waals surface area contributed by atoms with E-state index in [0.717, 1.165) is 0 Å². The van der Waals surface area contributed by atoms with Crippen LogP contribution in [0.15, 0.2) is 9.95 Å². The zero-order valence-corrected chi connectivity index (χ0v) is 8.90. The van der Waals surface area contributed by atoms with Crippen molar-refractivity contribution in [3.8, 4) is 0 Å². The van der Waals surface area contributed by atoms with Gasteiger partial charge < -0.3 is 10.6 Å². The van der Waals surface area contributed by atoms with Crippen molar-refractivity contribution in [1.82, 2.24) is 14.9 Å². The molecule has 1 heterocycles. The minimum Gasteiger partial charge on any atom is -0.466 e. The van der Waals surface area contributed by atoms with Crippen molar-refractivity contribution in [2.24, 2.45) is 0 Å². The van der Waals surface area contributed by atoms with E-state index in [-0.39, 0.29) is 23.9 Å². The van der Waals surface area contributed by atoms with Gasteiger partial charge in [-0.25, -0.2) is 0 Å². The molecule has 0 aliphatic carbocycles. The lowest BCUT2D eigenvalue weighted by molar-refractivity contribution is -0.142. The highest BCUT2D eigenvalue weighted by molar-refractivity contribution is 7.80. The van der Waals surface area contributed by atoms with Gasteiger partial charge in [0.25, 0.3) is 5.56 Å². The Morgan fingerprint density at radius 1 is 1.60 bits per heavy atom. The van der Waals surface area contributed by atoms with E-state index in [0.29, 0.717) is 4.68 Å². The number of hydrogen-bond acceptors (Lipinski definition) is 7. The normalized spacial score (nSPS) is 10.0. The van der Waals surface area contributed by atoms with Crippen LogP contribution in [0.3, 0.4) is 0 Å². The van der Waals surface area contributed by atoms with Crippen LogP contribution in [-0.4, -0.2) is 27.4 Å². The van der Waals surface area contributed by atoms with Gasteiger partial charge in [-0.3, -0.25) is 9.59 Å². The Balaban J connectivity index is 2.92. The lowest BCUT2D eigenvalue weighted by Crippen LogP contribution is -2.34. The summed E-state index contributed by atoms with van der Waals surface area (Å²) in [5.41, 5.74) is -0.670. The third kappa shape index (κ3) is 2.69. The number of ether oxygens (including phenoxy) is 1. The number of aromatic nitrogens is 3. The Bertz CT molecular complexity index is 431. The van der Waals surface area contributed by atoms with E-state index in [1.807, 2.05) is 0 Å². The van der Waals surface area contributed by atoms with Crippen molar-refractivity contribution in [3.05, 3.63) is 16.0 Å². The number of esters is 1. The number of nitrogens with zero attached hydrogens (tertiary/aromatic N) is 3. The van der Waals surface area contributed by atoms with Gasteiger partial charge in [-0.2, -0.15) is 4.68 Å². The van der Waals surface area contributed by atoms with Crippen molar-refractivity contribution in [2.75, 3.05) is 12.4 Å². The largest absolute Gasteiger partial charge is 0.466 e. The fourth-order valence-electron chi connectivity index (χ4n) is 0.886. The number of hydrogen-bond donors (Lipinski definition) is 2. The van der Waals surface area contributed by atoms with Gasteiger partial charge in [0.1, 0.15) is 5.69 Å². The molecule has 0 saturated carbocycles. The van der Waals surface area contributed by atoms with Crippen molar-refractivity contribution in [3.63, 3.8) is 0 Å². The fraction of sp³-hybridized carbons (Fsp3) is 0.429. The molecule has 2 N–H and O–H groups in total. The number of carbonyl (C=O) groups excluding carboxylic acids is 1. The van der Waals surface area contributed by atoms with Crippen LogP contribution in [0.5, 0.6) is 0 Å². The maximum atomic E-state index is 11.4. The number of carbonyl (C=O) groups is 1. The molecule has 0 aliphatic rings. The van der Waals surface area contributed by atoms with Gasteiger partial charge in [0.05, 0.1) is 13.0 Å². The first kappa shape index (κ1) is 11.5. The van der Waals surface area contributed by atoms with Crippen LogP contribution in [0.2, 0.25) is 0 Å². The van der Waals surface area contributed by atoms with Crippen LogP contribution < -0.4 is 11.4 Å². The number of nitrogen functional groups attached to an aromatic ring is 1. The molecule has 7 nitrogen and oxygen atoms in total. The Morgan fingerprint density at radius 2 is 2.27 bits per heavy atom. The van der Waals surface area contributed by atoms with E-state index in [4.69, 9.17) is 5.84 Å². The highest BCUT2D eigenvalue weighted by Gasteiger charge is 2.12. The summed E-state index contributed by atoms with van der Waals surface area (Å²) in [5.74, 6) is 4.76. The molecule has 0 aromatic carbocycles. The summed E-state index contributed by atoms with van der Waals surface area (Å²) in [5, 5.41) is 7.00. The minimum absolute atomic E-state index is 0.0207. The van der Waals surface area contributed by atoms with Gasteiger partial charge in [0, 0.05) is 0 Å². The fourth-order valence-corrected chi connectivity index (χ4v) is 1.02. The molecule has 0 amide bonds. The summed E-state index contributed by atoms with van der Waals surface area (Å²) >= 11 is 3.79. The first-order valence-corrected chi connectivity index (χ1v) is 4.59. The molecule has 0 atom stereocenters. The smallest absolute Gasteiger partial charge is 0.312 e. The average molecular weight is 230 g/mol. The number of nitrogens with two attached hydrogens (primary N) is 1. The third-order valence-electron chi connectivity index (χ3n) is 1.56. The van der Waals surface area contributed by atoms with Crippen molar-refractivity contribution in [2.45, 2.75) is 18.5 Å². The molecule has 0 aliphatic heterocycles. The van der Waals surface area contributed by atoms with Gasteiger partial charge in [-0.05, 0) is 6.92 Å². The summed E-state index contributed by atoms with van der Waals surface area (Å²) in [4.78, 5) is 22.5. The summed E-state index contributed by atoms with van der Waals surface area (Å²) in [6.07, 6.45) is -0.245. The highest BCUT2D eigenvalue weighted by Crippen LogP contribution is 1.94. The van der Waals surface area contributed by atoms with E-state index in [9.17, 15) is 9.59 Å². The van der Waals surface area contributed by atoms with Gasteiger partial charge in [0.15, 0.2) is 0 Å².